The molecular formula is C18H17Cl2N7O. The predicted molar refractivity (Wildman–Crippen MR) is 107 cm³/mol. The highest BCUT2D eigenvalue weighted by Crippen LogP contribution is 2.27. The van der Waals surface area contributed by atoms with E-state index in [9.17, 15) is 4.79 Å². The van der Waals surface area contributed by atoms with Gasteiger partial charge in [-0.15, -0.1) is 5.10 Å². The van der Waals surface area contributed by atoms with E-state index in [1.165, 1.54) is 11.0 Å². The van der Waals surface area contributed by atoms with Crippen molar-refractivity contribution in [3.63, 3.8) is 0 Å². The lowest BCUT2D eigenvalue weighted by atomic mass is 9.95. The molecule has 1 aromatic carbocycles. The van der Waals surface area contributed by atoms with E-state index >= 15 is 0 Å². The summed E-state index contributed by atoms with van der Waals surface area (Å²) in [7, 11) is 0. The maximum Gasteiger partial charge on any atom is 0.227 e. The van der Waals surface area contributed by atoms with E-state index in [4.69, 9.17) is 23.2 Å². The molecular weight excluding hydrogens is 401 g/mol. The van der Waals surface area contributed by atoms with Gasteiger partial charge in [-0.3, -0.25) is 4.79 Å². The second kappa shape index (κ2) is 8.12. The fourth-order valence-corrected chi connectivity index (χ4v) is 3.47. The van der Waals surface area contributed by atoms with Crippen molar-refractivity contribution >= 4 is 40.6 Å². The van der Waals surface area contributed by atoms with Crippen molar-refractivity contribution in [1.82, 2.24) is 25.2 Å². The Morgan fingerprint density at radius 3 is 2.64 bits per heavy atom. The van der Waals surface area contributed by atoms with Crippen LogP contribution in [0.2, 0.25) is 10.0 Å². The molecule has 0 spiro atoms. The van der Waals surface area contributed by atoms with Gasteiger partial charge >= 0.3 is 0 Å². The number of hydrogen-bond acceptors (Lipinski definition) is 6. The average Bonchev–Trinajstić information content (AvgIpc) is 3.25. The lowest BCUT2D eigenvalue weighted by Crippen LogP contribution is -2.38. The number of hydrogen-bond donors (Lipinski definition) is 1. The molecule has 4 rings (SSSR count). The second-order valence-electron chi connectivity index (χ2n) is 6.50. The number of nitrogens with one attached hydrogen (secondary N) is 1. The molecule has 0 aliphatic carbocycles. The summed E-state index contributed by atoms with van der Waals surface area (Å²) in [5, 5.41) is 15.1. The number of anilines is 2. The third kappa shape index (κ3) is 4.07. The number of aromatic nitrogens is 5. The predicted octanol–water partition coefficient (Wildman–Crippen LogP) is 3.22. The molecule has 28 heavy (non-hydrogen) atoms. The Hall–Kier alpha value is -2.71. The van der Waals surface area contributed by atoms with Crippen molar-refractivity contribution in [3.05, 3.63) is 52.9 Å². The van der Waals surface area contributed by atoms with Crippen LogP contribution in [-0.2, 0) is 4.79 Å². The van der Waals surface area contributed by atoms with Gasteiger partial charge in [0.25, 0.3) is 0 Å². The minimum atomic E-state index is -0.0868. The topological polar surface area (TPSA) is 88.8 Å². The molecule has 1 aliphatic rings. The molecule has 1 fully saturated rings. The first kappa shape index (κ1) is 18.6. The molecule has 1 aliphatic heterocycles. The maximum absolute atomic E-state index is 12.7. The molecule has 0 saturated carbocycles. The largest absolute Gasteiger partial charge is 0.357 e. The van der Waals surface area contributed by atoms with Crippen LogP contribution in [0.15, 0.2) is 42.9 Å². The number of nitrogens with zero attached hydrogens (tertiary/aromatic N) is 6. The Morgan fingerprint density at radius 2 is 1.96 bits per heavy atom. The Balaban J connectivity index is 1.40. The van der Waals surface area contributed by atoms with Gasteiger partial charge in [0.1, 0.15) is 12.1 Å². The minimum Gasteiger partial charge on any atom is -0.357 e. The molecule has 144 valence electrons. The van der Waals surface area contributed by atoms with Crippen LogP contribution in [0.4, 0.5) is 11.5 Å². The first-order valence-electron chi connectivity index (χ1n) is 8.80. The summed E-state index contributed by atoms with van der Waals surface area (Å²) in [5.41, 5.74) is 1.26. The Labute approximate surface area is 171 Å². The third-order valence-electron chi connectivity index (χ3n) is 4.72. The van der Waals surface area contributed by atoms with Gasteiger partial charge in [0.05, 0.1) is 21.4 Å². The number of pyridine rings is 1. The zero-order valence-electron chi connectivity index (χ0n) is 14.8. The van der Waals surface area contributed by atoms with Crippen LogP contribution in [0.1, 0.15) is 12.8 Å². The van der Waals surface area contributed by atoms with Crippen LogP contribution in [-0.4, -0.2) is 44.2 Å². The van der Waals surface area contributed by atoms with Gasteiger partial charge in [0.15, 0.2) is 0 Å². The highest BCUT2D eigenvalue weighted by atomic mass is 35.5. The van der Waals surface area contributed by atoms with E-state index in [2.05, 4.69) is 30.7 Å². The van der Waals surface area contributed by atoms with Crippen molar-refractivity contribution < 1.29 is 4.79 Å². The van der Waals surface area contributed by atoms with Gasteiger partial charge in [-0.1, -0.05) is 23.2 Å². The normalized spacial score (nSPS) is 14.9. The molecule has 3 heterocycles. The lowest BCUT2D eigenvalue weighted by molar-refractivity contribution is -0.120. The number of benzene rings is 1. The molecule has 0 unspecified atom stereocenters. The van der Waals surface area contributed by atoms with E-state index < -0.39 is 0 Å². The van der Waals surface area contributed by atoms with Gasteiger partial charge in [-0.05, 0) is 53.6 Å². The summed E-state index contributed by atoms with van der Waals surface area (Å²) in [5.74, 6) is 0.747. The molecule has 1 saturated heterocycles. The zero-order valence-corrected chi connectivity index (χ0v) is 16.3. The van der Waals surface area contributed by atoms with E-state index in [1.54, 1.807) is 24.4 Å². The molecule has 3 aromatic rings. The monoisotopic (exact) mass is 417 g/mol. The first-order chi connectivity index (χ1) is 13.6. The highest BCUT2D eigenvalue weighted by molar-refractivity contribution is 6.33. The van der Waals surface area contributed by atoms with Crippen molar-refractivity contribution in [2.24, 2.45) is 5.92 Å². The van der Waals surface area contributed by atoms with Crippen molar-refractivity contribution in [2.75, 3.05) is 23.3 Å². The number of halogens is 2. The van der Waals surface area contributed by atoms with Crippen LogP contribution in [0, 0.1) is 5.92 Å². The van der Waals surface area contributed by atoms with Gasteiger partial charge in [-0.2, -0.15) is 0 Å². The van der Waals surface area contributed by atoms with E-state index in [1.807, 2.05) is 12.1 Å². The number of carbonyl (C=O) groups excluding carboxylic acids is 1. The summed E-state index contributed by atoms with van der Waals surface area (Å²) in [6.07, 6.45) is 4.59. The molecule has 2 aromatic heterocycles. The zero-order chi connectivity index (χ0) is 19.5. The Bertz CT molecular complexity index is 955. The molecule has 8 nitrogen and oxygen atoms in total. The number of tetrazole rings is 1. The van der Waals surface area contributed by atoms with Gasteiger partial charge in [0.2, 0.25) is 5.91 Å². The lowest BCUT2D eigenvalue weighted by Gasteiger charge is -2.32. The summed E-state index contributed by atoms with van der Waals surface area (Å²) < 4.78 is 1.50. The third-order valence-corrected chi connectivity index (χ3v) is 5.28. The maximum atomic E-state index is 12.7. The Morgan fingerprint density at radius 1 is 1.14 bits per heavy atom. The Kier molecular flexibility index (Phi) is 5.40. The van der Waals surface area contributed by atoms with Gasteiger partial charge in [0, 0.05) is 25.2 Å². The van der Waals surface area contributed by atoms with Crippen LogP contribution in [0.25, 0.3) is 5.69 Å². The second-order valence-corrected chi connectivity index (χ2v) is 7.35. The first-order valence-corrected chi connectivity index (χ1v) is 9.56. The van der Waals surface area contributed by atoms with Crippen molar-refractivity contribution in [2.45, 2.75) is 12.8 Å². The quantitative estimate of drug-likeness (QED) is 0.700. The number of piperidine rings is 1. The molecule has 1 N–H and O–H groups in total. The van der Waals surface area contributed by atoms with Crippen LogP contribution < -0.4 is 10.2 Å². The standard InChI is InChI=1S/C18H17Cl2N7O/c19-13-1-4-17(21-10-13)26-7-5-12(6-8-26)18(28)23-16-9-14(2-3-15(16)20)27-11-22-24-25-27/h1-4,9-12H,5-8H2,(H,23,28). The number of rotatable bonds is 4. The number of carbonyl (C=O) groups is 1. The molecule has 0 atom stereocenters. The molecule has 0 bridgehead atoms. The summed E-state index contributed by atoms with van der Waals surface area (Å²) in [6.45, 7) is 1.51. The fourth-order valence-electron chi connectivity index (χ4n) is 3.19. The van der Waals surface area contributed by atoms with Crippen LogP contribution in [0.3, 0.4) is 0 Å². The average molecular weight is 418 g/mol. The van der Waals surface area contributed by atoms with Crippen molar-refractivity contribution in [1.29, 1.82) is 0 Å². The minimum absolute atomic E-state index is 0.0421. The van der Waals surface area contributed by atoms with Crippen molar-refractivity contribution in [3.8, 4) is 5.69 Å². The smallest absolute Gasteiger partial charge is 0.227 e. The van der Waals surface area contributed by atoms with Gasteiger partial charge in [-0.25, -0.2) is 9.67 Å². The van der Waals surface area contributed by atoms with E-state index in [-0.39, 0.29) is 11.8 Å². The van der Waals surface area contributed by atoms with Gasteiger partial charge < -0.3 is 10.2 Å². The fraction of sp³-hybridized carbons (Fsp3) is 0.278. The molecule has 1 amide bonds. The molecule has 10 heteroatoms. The van der Waals surface area contributed by atoms with Crippen LogP contribution in [0.5, 0.6) is 0 Å². The SMILES string of the molecule is O=C(Nc1cc(-n2cnnn2)ccc1Cl)C1CCN(c2ccc(Cl)cn2)CC1. The summed E-state index contributed by atoms with van der Waals surface area (Å²) in [4.78, 5) is 19.2. The summed E-state index contributed by atoms with van der Waals surface area (Å²) >= 11 is 12.1. The van der Waals surface area contributed by atoms with E-state index in [0.717, 1.165) is 31.7 Å². The van der Waals surface area contributed by atoms with Crippen LogP contribution >= 0.6 is 23.2 Å². The highest BCUT2D eigenvalue weighted by Gasteiger charge is 2.26. The number of amides is 1. The summed E-state index contributed by atoms with van der Waals surface area (Å²) in [6, 6.07) is 8.97. The molecule has 0 radical (unpaired) electrons. The van der Waals surface area contributed by atoms with E-state index in [0.29, 0.717) is 21.4 Å².